The summed E-state index contributed by atoms with van der Waals surface area (Å²) in [4.78, 5) is 12.2. The Labute approximate surface area is 243 Å². The largest absolute Gasteiger partial charge is 0.490 e. The lowest BCUT2D eigenvalue weighted by Crippen LogP contribution is -2.43. The summed E-state index contributed by atoms with van der Waals surface area (Å²) in [7, 11) is 0. The second kappa shape index (κ2) is 11.8. The molecule has 1 saturated carbocycles. The van der Waals surface area contributed by atoms with Crippen molar-refractivity contribution in [3.8, 4) is 28.3 Å². The standard InChI is InChI=1S/C32H35FN4O3S/c1-32(2)17-23(18-32)31(38)35-10-11-39-12-13-40-27-16-24(33)5-6-25(27)29-30-26(8-14-41-30)28(36-37-29)21-3-4-22-19-34-9-7-20(22)15-21/h3-6,8,14-16,23,34H,7,9-13,17-19H2,1-2H3,(H,35,38). The van der Waals surface area contributed by atoms with Crippen LogP contribution < -0.4 is 15.4 Å². The van der Waals surface area contributed by atoms with Crippen LogP contribution in [0, 0.1) is 17.2 Å². The number of thiophene rings is 1. The van der Waals surface area contributed by atoms with Crippen LogP contribution >= 0.6 is 11.3 Å². The molecular weight excluding hydrogens is 539 g/mol. The number of carbonyl (C=O) groups is 1. The summed E-state index contributed by atoms with van der Waals surface area (Å²) in [6.07, 6.45) is 2.86. The molecule has 0 bridgehead atoms. The maximum absolute atomic E-state index is 14.2. The Balaban J connectivity index is 1.11. The highest BCUT2D eigenvalue weighted by Crippen LogP contribution is 2.44. The topological polar surface area (TPSA) is 85.4 Å². The maximum Gasteiger partial charge on any atom is 0.223 e. The molecule has 1 aliphatic heterocycles. The average molecular weight is 575 g/mol. The van der Waals surface area contributed by atoms with Gasteiger partial charge in [0.05, 0.1) is 17.9 Å². The monoisotopic (exact) mass is 574 g/mol. The summed E-state index contributed by atoms with van der Waals surface area (Å²) in [5.74, 6) is 0.224. The van der Waals surface area contributed by atoms with Gasteiger partial charge >= 0.3 is 0 Å². The Morgan fingerprint density at radius 3 is 2.78 bits per heavy atom. The second-order valence-electron chi connectivity index (χ2n) is 11.6. The van der Waals surface area contributed by atoms with E-state index in [2.05, 4.69) is 58.9 Å². The van der Waals surface area contributed by atoms with Gasteiger partial charge in [-0.05, 0) is 72.0 Å². The van der Waals surface area contributed by atoms with E-state index >= 15 is 0 Å². The predicted octanol–water partition coefficient (Wildman–Crippen LogP) is 5.76. The second-order valence-corrected chi connectivity index (χ2v) is 12.5. The van der Waals surface area contributed by atoms with E-state index in [4.69, 9.17) is 9.47 Å². The molecule has 4 aromatic rings. The third-order valence-corrected chi connectivity index (χ3v) is 8.87. The zero-order valence-electron chi connectivity index (χ0n) is 23.5. The van der Waals surface area contributed by atoms with Crippen LogP contribution in [0.5, 0.6) is 5.75 Å². The predicted molar refractivity (Wildman–Crippen MR) is 159 cm³/mol. The fourth-order valence-electron chi connectivity index (χ4n) is 5.87. The molecule has 2 N–H and O–H groups in total. The van der Waals surface area contributed by atoms with E-state index in [0.29, 0.717) is 36.8 Å². The minimum atomic E-state index is -0.387. The highest BCUT2D eigenvalue weighted by Gasteiger charge is 2.40. The summed E-state index contributed by atoms with van der Waals surface area (Å²) >= 11 is 1.59. The van der Waals surface area contributed by atoms with Gasteiger partial charge in [0.1, 0.15) is 29.6 Å². The molecule has 1 fully saturated rings. The number of carbonyl (C=O) groups excluding carboxylic acids is 1. The number of nitrogens with zero attached hydrogens (tertiary/aromatic N) is 2. The first-order chi connectivity index (χ1) is 19.9. The van der Waals surface area contributed by atoms with Crippen molar-refractivity contribution in [2.45, 2.75) is 39.7 Å². The molecule has 1 aliphatic carbocycles. The molecule has 0 saturated heterocycles. The highest BCUT2D eigenvalue weighted by atomic mass is 32.1. The van der Waals surface area contributed by atoms with Crippen LogP contribution in [0.3, 0.4) is 0 Å². The van der Waals surface area contributed by atoms with Gasteiger partial charge in [-0.25, -0.2) is 4.39 Å². The molecule has 3 heterocycles. The molecule has 2 aliphatic rings. The lowest BCUT2D eigenvalue weighted by Gasteiger charge is -2.41. The SMILES string of the molecule is CC1(C)CC(C(=O)NCCOCCOc2cc(F)ccc2-c2nnc(-c3ccc4c(c3)CCNC4)c3ccsc23)C1. The van der Waals surface area contributed by atoms with Gasteiger partial charge in [-0.2, -0.15) is 0 Å². The van der Waals surface area contributed by atoms with Gasteiger partial charge in [0.25, 0.3) is 0 Å². The number of rotatable bonds is 10. The van der Waals surface area contributed by atoms with Crippen LogP contribution in [0.2, 0.25) is 0 Å². The van der Waals surface area contributed by atoms with Crippen molar-refractivity contribution in [3.05, 3.63) is 64.8 Å². The van der Waals surface area contributed by atoms with Crippen molar-refractivity contribution in [1.29, 1.82) is 0 Å². The smallest absolute Gasteiger partial charge is 0.223 e. The minimum Gasteiger partial charge on any atom is -0.490 e. The van der Waals surface area contributed by atoms with E-state index in [-0.39, 0.29) is 29.7 Å². The minimum absolute atomic E-state index is 0.101. The van der Waals surface area contributed by atoms with Gasteiger partial charge in [-0.1, -0.05) is 26.0 Å². The quantitative estimate of drug-likeness (QED) is 0.235. The summed E-state index contributed by atoms with van der Waals surface area (Å²) < 4.78 is 26.9. The van der Waals surface area contributed by atoms with Crippen LogP contribution in [0.15, 0.2) is 47.8 Å². The van der Waals surface area contributed by atoms with Gasteiger partial charge in [0.2, 0.25) is 5.91 Å². The van der Waals surface area contributed by atoms with E-state index in [1.807, 2.05) is 5.38 Å². The van der Waals surface area contributed by atoms with Crippen molar-refractivity contribution in [1.82, 2.24) is 20.8 Å². The molecule has 6 rings (SSSR count). The van der Waals surface area contributed by atoms with Gasteiger partial charge in [-0.15, -0.1) is 21.5 Å². The Hall–Kier alpha value is -3.40. The van der Waals surface area contributed by atoms with Crippen LogP contribution in [0.1, 0.15) is 37.8 Å². The molecule has 214 valence electrons. The lowest BCUT2D eigenvalue weighted by molar-refractivity contribution is -0.131. The molecule has 0 unspecified atom stereocenters. The molecule has 0 radical (unpaired) electrons. The van der Waals surface area contributed by atoms with E-state index in [1.165, 1.54) is 23.3 Å². The molecule has 2 aromatic carbocycles. The normalized spacial score (nSPS) is 16.3. The highest BCUT2D eigenvalue weighted by molar-refractivity contribution is 7.17. The number of halogens is 1. The number of hydrogen-bond donors (Lipinski definition) is 2. The van der Waals surface area contributed by atoms with E-state index in [0.717, 1.165) is 53.7 Å². The van der Waals surface area contributed by atoms with Crippen LogP contribution in [-0.2, 0) is 22.5 Å². The number of amides is 1. The summed E-state index contributed by atoms with van der Waals surface area (Å²) in [6.45, 7) is 7.64. The van der Waals surface area contributed by atoms with Crippen LogP contribution in [-0.4, -0.2) is 49.0 Å². The Bertz CT molecular complexity index is 1560. The Morgan fingerprint density at radius 1 is 1.07 bits per heavy atom. The third-order valence-electron chi connectivity index (χ3n) is 7.95. The number of nitrogens with one attached hydrogen (secondary N) is 2. The average Bonchev–Trinajstić information content (AvgIpc) is 3.45. The van der Waals surface area contributed by atoms with Crippen molar-refractivity contribution in [2.24, 2.45) is 11.3 Å². The van der Waals surface area contributed by atoms with Gasteiger partial charge in [0, 0.05) is 41.6 Å². The Kier molecular flexibility index (Phi) is 8.01. The summed E-state index contributed by atoms with van der Waals surface area (Å²) in [5.41, 5.74) is 6.19. The van der Waals surface area contributed by atoms with E-state index < -0.39 is 0 Å². The molecular formula is C32H35FN4O3S. The van der Waals surface area contributed by atoms with Crippen molar-refractivity contribution < 1.29 is 18.7 Å². The number of aromatic nitrogens is 2. The van der Waals surface area contributed by atoms with Crippen LogP contribution in [0.25, 0.3) is 32.6 Å². The molecule has 1 amide bonds. The molecule has 41 heavy (non-hydrogen) atoms. The first-order valence-corrected chi connectivity index (χ1v) is 15.1. The summed E-state index contributed by atoms with van der Waals surface area (Å²) in [6, 6.07) is 13.1. The molecule has 0 atom stereocenters. The fourth-order valence-corrected chi connectivity index (χ4v) is 6.76. The fraction of sp³-hybridized carbons (Fsp3) is 0.406. The number of hydrogen-bond acceptors (Lipinski definition) is 7. The zero-order chi connectivity index (χ0) is 28.4. The molecule has 9 heteroatoms. The molecule has 7 nitrogen and oxygen atoms in total. The lowest BCUT2D eigenvalue weighted by atomic mass is 9.64. The third kappa shape index (κ3) is 6.12. The number of fused-ring (bicyclic) bond motifs is 2. The van der Waals surface area contributed by atoms with Crippen molar-refractivity contribution in [3.63, 3.8) is 0 Å². The zero-order valence-corrected chi connectivity index (χ0v) is 24.3. The van der Waals surface area contributed by atoms with Gasteiger partial charge in [-0.3, -0.25) is 4.79 Å². The van der Waals surface area contributed by atoms with Crippen molar-refractivity contribution >= 4 is 27.3 Å². The maximum atomic E-state index is 14.2. The first-order valence-electron chi connectivity index (χ1n) is 14.2. The van der Waals surface area contributed by atoms with Crippen molar-refractivity contribution in [2.75, 3.05) is 32.9 Å². The van der Waals surface area contributed by atoms with E-state index in [1.54, 1.807) is 17.4 Å². The number of benzene rings is 2. The van der Waals surface area contributed by atoms with E-state index in [9.17, 15) is 9.18 Å². The number of ether oxygens (including phenoxy) is 2. The summed E-state index contributed by atoms with van der Waals surface area (Å²) in [5, 5.41) is 18.7. The molecule has 2 aromatic heterocycles. The molecule has 0 spiro atoms. The first kappa shape index (κ1) is 27.8. The van der Waals surface area contributed by atoms with Gasteiger partial charge < -0.3 is 20.1 Å². The Morgan fingerprint density at radius 2 is 1.93 bits per heavy atom. The van der Waals surface area contributed by atoms with Crippen LogP contribution in [0.4, 0.5) is 4.39 Å². The van der Waals surface area contributed by atoms with Gasteiger partial charge in [0.15, 0.2) is 0 Å².